The minimum absolute atomic E-state index is 0.253. The monoisotopic (exact) mass is 341 g/mol. The van der Waals surface area contributed by atoms with E-state index in [0.29, 0.717) is 42.2 Å². The summed E-state index contributed by atoms with van der Waals surface area (Å²) >= 11 is 3.27. The lowest BCUT2D eigenvalue weighted by Gasteiger charge is -2.29. The van der Waals surface area contributed by atoms with Crippen LogP contribution in [0.5, 0.6) is 0 Å². The van der Waals surface area contributed by atoms with Crippen LogP contribution in [0.1, 0.15) is 0 Å². The number of morpholine rings is 1. The molecule has 7 heteroatoms. The maximum Gasteiger partial charge on any atom is 0.262 e. The van der Waals surface area contributed by atoms with Crippen LogP contribution in [0.15, 0.2) is 21.4 Å². The highest BCUT2D eigenvalue weighted by Gasteiger charge is 2.18. The van der Waals surface area contributed by atoms with Gasteiger partial charge in [0.2, 0.25) is 5.95 Å². The molecule has 106 valence electrons. The van der Waals surface area contributed by atoms with Crippen molar-refractivity contribution in [3.8, 4) is 0 Å². The first-order chi connectivity index (χ1) is 9.58. The largest absolute Gasteiger partial charge is 0.378 e. The molecule has 2 aromatic rings. The minimum Gasteiger partial charge on any atom is -0.378 e. The van der Waals surface area contributed by atoms with Gasteiger partial charge in [0.1, 0.15) is 5.82 Å². The van der Waals surface area contributed by atoms with Crippen molar-refractivity contribution in [2.75, 3.05) is 31.2 Å². The SMILES string of the molecule is Cn1c(N2CCOCC2)nc2c(Br)cc(F)cc2c1=O. The number of anilines is 1. The van der Waals surface area contributed by atoms with Crippen LogP contribution in [0.3, 0.4) is 0 Å². The molecule has 0 radical (unpaired) electrons. The number of ether oxygens (including phenoxy) is 1. The fourth-order valence-corrected chi connectivity index (χ4v) is 2.86. The fraction of sp³-hybridized carbons (Fsp3) is 0.385. The van der Waals surface area contributed by atoms with E-state index in [1.165, 1.54) is 16.7 Å². The predicted octanol–water partition coefficient (Wildman–Crippen LogP) is 1.67. The van der Waals surface area contributed by atoms with Crippen molar-refractivity contribution in [2.45, 2.75) is 0 Å². The molecule has 1 aromatic heterocycles. The van der Waals surface area contributed by atoms with E-state index in [4.69, 9.17) is 4.74 Å². The second-order valence-corrected chi connectivity index (χ2v) is 5.51. The highest BCUT2D eigenvalue weighted by atomic mass is 79.9. The van der Waals surface area contributed by atoms with Crippen molar-refractivity contribution >= 4 is 32.8 Å². The molecule has 3 rings (SSSR count). The van der Waals surface area contributed by atoms with Gasteiger partial charge in [-0.1, -0.05) is 0 Å². The summed E-state index contributed by atoms with van der Waals surface area (Å²) in [5, 5.41) is 0.274. The Hall–Kier alpha value is -1.47. The Balaban J connectivity index is 2.24. The van der Waals surface area contributed by atoms with Gasteiger partial charge in [-0.2, -0.15) is 0 Å². The predicted molar refractivity (Wildman–Crippen MR) is 77.7 cm³/mol. The summed E-state index contributed by atoms with van der Waals surface area (Å²) in [7, 11) is 1.65. The number of halogens is 2. The molecule has 1 fully saturated rings. The molecule has 2 heterocycles. The molecule has 0 unspecified atom stereocenters. The summed E-state index contributed by atoms with van der Waals surface area (Å²) in [5.41, 5.74) is 0.229. The molecular formula is C13H13BrFN3O2. The van der Waals surface area contributed by atoms with Crippen LogP contribution in [0.2, 0.25) is 0 Å². The van der Waals surface area contributed by atoms with Crippen molar-refractivity contribution < 1.29 is 9.13 Å². The molecule has 0 spiro atoms. The zero-order valence-electron chi connectivity index (χ0n) is 10.9. The van der Waals surface area contributed by atoms with Crippen LogP contribution in [0.4, 0.5) is 10.3 Å². The molecule has 0 saturated carbocycles. The van der Waals surface area contributed by atoms with Gasteiger partial charge in [-0.25, -0.2) is 9.37 Å². The van der Waals surface area contributed by atoms with Crippen molar-refractivity contribution in [2.24, 2.45) is 7.05 Å². The van der Waals surface area contributed by atoms with Gasteiger partial charge in [-0.05, 0) is 28.1 Å². The number of rotatable bonds is 1. The third-order valence-electron chi connectivity index (χ3n) is 3.37. The molecule has 0 aliphatic carbocycles. The summed E-state index contributed by atoms with van der Waals surface area (Å²) in [6.45, 7) is 2.59. The molecule has 0 N–H and O–H groups in total. The Morgan fingerprint density at radius 3 is 2.75 bits per heavy atom. The third-order valence-corrected chi connectivity index (χ3v) is 3.97. The van der Waals surface area contributed by atoms with Crippen LogP contribution in [-0.2, 0) is 11.8 Å². The zero-order valence-corrected chi connectivity index (χ0v) is 12.5. The van der Waals surface area contributed by atoms with Crippen LogP contribution >= 0.6 is 15.9 Å². The van der Waals surface area contributed by atoms with Gasteiger partial charge in [0.25, 0.3) is 5.56 Å². The molecule has 20 heavy (non-hydrogen) atoms. The molecule has 1 aliphatic heterocycles. The van der Waals surface area contributed by atoms with E-state index in [0.717, 1.165) is 0 Å². The van der Waals surface area contributed by atoms with E-state index in [1.54, 1.807) is 7.05 Å². The van der Waals surface area contributed by atoms with Crippen LogP contribution < -0.4 is 10.5 Å². The van der Waals surface area contributed by atoms with Gasteiger partial charge in [0, 0.05) is 24.6 Å². The van der Waals surface area contributed by atoms with Crippen LogP contribution in [0, 0.1) is 5.82 Å². The number of benzene rings is 1. The first-order valence-electron chi connectivity index (χ1n) is 6.26. The molecule has 1 aromatic carbocycles. The lowest BCUT2D eigenvalue weighted by Crippen LogP contribution is -2.40. The van der Waals surface area contributed by atoms with Crippen molar-refractivity contribution in [1.82, 2.24) is 9.55 Å². The Morgan fingerprint density at radius 1 is 1.35 bits per heavy atom. The first kappa shape index (κ1) is 13.5. The lowest BCUT2D eigenvalue weighted by atomic mass is 10.2. The summed E-state index contributed by atoms with van der Waals surface area (Å²) < 4.78 is 20.7. The van der Waals surface area contributed by atoms with Crippen molar-refractivity contribution in [1.29, 1.82) is 0 Å². The molecule has 1 saturated heterocycles. The van der Waals surface area contributed by atoms with E-state index in [1.807, 2.05) is 4.90 Å². The van der Waals surface area contributed by atoms with Gasteiger partial charge in [0.15, 0.2) is 0 Å². The molecule has 1 aliphatic rings. The Bertz CT molecular complexity index is 726. The van der Waals surface area contributed by atoms with Gasteiger partial charge < -0.3 is 9.64 Å². The summed E-state index contributed by atoms with van der Waals surface area (Å²) in [6, 6.07) is 2.54. The van der Waals surface area contributed by atoms with Gasteiger partial charge in [-0.15, -0.1) is 0 Å². The zero-order chi connectivity index (χ0) is 14.3. The van der Waals surface area contributed by atoms with E-state index in [9.17, 15) is 9.18 Å². The molecule has 5 nitrogen and oxygen atoms in total. The van der Waals surface area contributed by atoms with Crippen molar-refractivity contribution in [3.05, 3.63) is 32.8 Å². The maximum atomic E-state index is 13.4. The van der Waals surface area contributed by atoms with Crippen LogP contribution in [-0.4, -0.2) is 35.9 Å². The van der Waals surface area contributed by atoms with E-state index >= 15 is 0 Å². The maximum absolute atomic E-state index is 13.4. The third kappa shape index (κ3) is 2.20. The topological polar surface area (TPSA) is 47.4 Å². The normalized spacial score (nSPS) is 15.8. The summed E-state index contributed by atoms with van der Waals surface area (Å²) in [5.74, 6) is 0.125. The smallest absolute Gasteiger partial charge is 0.262 e. The minimum atomic E-state index is -0.456. The van der Waals surface area contributed by atoms with Gasteiger partial charge >= 0.3 is 0 Å². The van der Waals surface area contributed by atoms with E-state index in [2.05, 4.69) is 20.9 Å². The van der Waals surface area contributed by atoms with Gasteiger partial charge in [-0.3, -0.25) is 9.36 Å². The highest BCUT2D eigenvalue weighted by Crippen LogP contribution is 2.24. The summed E-state index contributed by atoms with van der Waals surface area (Å²) in [4.78, 5) is 18.9. The molecule has 0 atom stereocenters. The highest BCUT2D eigenvalue weighted by molar-refractivity contribution is 9.10. The summed E-state index contributed by atoms with van der Waals surface area (Å²) in [6.07, 6.45) is 0. The quantitative estimate of drug-likeness (QED) is 0.791. The number of nitrogens with zero attached hydrogens (tertiary/aromatic N) is 3. The average molecular weight is 342 g/mol. The lowest BCUT2D eigenvalue weighted by molar-refractivity contribution is 0.121. The number of hydrogen-bond donors (Lipinski definition) is 0. The van der Waals surface area contributed by atoms with Crippen molar-refractivity contribution in [3.63, 3.8) is 0 Å². The molecular weight excluding hydrogens is 329 g/mol. The van der Waals surface area contributed by atoms with Crippen LogP contribution in [0.25, 0.3) is 10.9 Å². The Labute approximate surface area is 123 Å². The second-order valence-electron chi connectivity index (χ2n) is 4.66. The number of fused-ring (bicyclic) bond motifs is 1. The fourth-order valence-electron chi connectivity index (χ4n) is 2.34. The molecule has 0 amide bonds. The van der Waals surface area contributed by atoms with E-state index in [-0.39, 0.29) is 10.9 Å². The van der Waals surface area contributed by atoms with Gasteiger partial charge in [0.05, 0.1) is 24.1 Å². The average Bonchev–Trinajstić information content (AvgIpc) is 2.44. The van der Waals surface area contributed by atoms with E-state index < -0.39 is 5.82 Å². The first-order valence-corrected chi connectivity index (χ1v) is 7.05. The second kappa shape index (κ2) is 5.14. The number of hydrogen-bond acceptors (Lipinski definition) is 4. The number of aromatic nitrogens is 2. The molecule has 0 bridgehead atoms. The Kier molecular flexibility index (Phi) is 3.47. The standard InChI is InChI=1S/C13H13BrFN3O2/c1-17-12(19)9-6-8(15)7-10(14)11(9)16-13(17)18-2-4-20-5-3-18/h6-7H,2-5H2,1H3. The Morgan fingerprint density at radius 2 is 2.05 bits per heavy atom.